The van der Waals surface area contributed by atoms with Crippen LogP contribution >= 0.6 is 0 Å². The number of rotatable bonds is 4. The number of nitrogen functional groups attached to an aromatic ring is 1. The summed E-state index contributed by atoms with van der Waals surface area (Å²) >= 11 is 0. The first-order chi connectivity index (χ1) is 9.47. The van der Waals surface area contributed by atoms with E-state index >= 15 is 0 Å². The lowest BCUT2D eigenvalue weighted by Gasteiger charge is -2.09. The number of aromatic nitrogens is 2. The number of hydrogen-bond acceptors (Lipinski definition) is 5. The van der Waals surface area contributed by atoms with E-state index in [1.54, 1.807) is 6.20 Å². The molecule has 0 saturated heterocycles. The Hall–Kier alpha value is -2.53. The van der Waals surface area contributed by atoms with E-state index in [1.807, 2.05) is 13.0 Å². The number of hydrogen-bond donors (Lipinski definition) is 3. The van der Waals surface area contributed by atoms with Crippen LogP contribution in [0.25, 0.3) is 0 Å². The fourth-order valence-corrected chi connectivity index (χ4v) is 2.92. The molecule has 8 heteroatoms. The van der Waals surface area contributed by atoms with Crippen LogP contribution in [0.15, 0.2) is 29.3 Å². The summed E-state index contributed by atoms with van der Waals surface area (Å²) in [6.07, 6.45) is 2.17. The predicted octanol–water partition coefficient (Wildman–Crippen LogP) is 1.23. The number of nitrogens with zero attached hydrogens (tertiary/aromatic N) is 2. The molecule has 20 heavy (non-hydrogen) atoms. The minimum absolute atomic E-state index is 0.00457. The summed E-state index contributed by atoms with van der Waals surface area (Å²) < 4.78 is 27.0. The van der Waals surface area contributed by atoms with Crippen LogP contribution in [0.3, 0.4) is 0 Å². The Labute approximate surface area is 116 Å². The van der Waals surface area contributed by atoms with Crippen molar-refractivity contribution in [3.05, 3.63) is 35.5 Å². The first-order valence-corrected chi connectivity index (χ1v) is 7.31. The molecule has 0 radical (unpaired) electrons. The summed E-state index contributed by atoms with van der Waals surface area (Å²) in [5.41, 5.74) is 6.61. The maximum Gasteiger partial charge on any atom is 0.264 e. The maximum absolute atomic E-state index is 12.3. The Kier molecular flexibility index (Phi) is 3.63. The highest BCUT2D eigenvalue weighted by Gasteiger charge is 2.20. The topological polar surface area (TPSA) is 125 Å². The van der Waals surface area contributed by atoms with Gasteiger partial charge in [-0.3, -0.25) is 9.82 Å². The van der Waals surface area contributed by atoms with Crippen molar-refractivity contribution in [1.29, 1.82) is 5.26 Å². The zero-order chi connectivity index (χ0) is 14.8. The average molecular weight is 291 g/mol. The second-order valence-electron chi connectivity index (χ2n) is 4.10. The number of nitrogens with two attached hydrogens (primary N) is 1. The lowest BCUT2D eigenvalue weighted by atomic mass is 10.2. The Bertz CT molecular complexity index is 773. The average Bonchev–Trinajstić information content (AvgIpc) is 2.84. The summed E-state index contributed by atoms with van der Waals surface area (Å²) in [6, 6.07) is 5.88. The molecular formula is C12H13N5O2S. The first-order valence-electron chi connectivity index (χ1n) is 5.82. The van der Waals surface area contributed by atoms with E-state index in [1.165, 1.54) is 18.2 Å². The first kappa shape index (κ1) is 13.9. The van der Waals surface area contributed by atoms with Crippen LogP contribution in [0.5, 0.6) is 0 Å². The molecule has 1 aromatic heterocycles. The van der Waals surface area contributed by atoms with Gasteiger partial charge in [0.15, 0.2) is 0 Å². The van der Waals surface area contributed by atoms with Crippen LogP contribution in [-0.4, -0.2) is 18.6 Å². The number of nitriles is 1. The molecule has 2 aromatic rings. The largest absolute Gasteiger partial charge is 0.399 e. The van der Waals surface area contributed by atoms with Crippen molar-refractivity contribution in [3.63, 3.8) is 0 Å². The molecule has 0 spiro atoms. The van der Waals surface area contributed by atoms with Gasteiger partial charge in [-0.25, -0.2) is 8.42 Å². The Morgan fingerprint density at radius 1 is 1.50 bits per heavy atom. The third-order valence-corrected chi connectivity index (χ3v) is 4.16. The zero-order valence-corrected chi connectivity index (χ0v) is 11.5. The number of benzene rings is 1. The molecule has 1 aromatic carbocycles. The Balaban J connectivity index is 2.44. The summed E-state index contributed by atoms with van der Waals surface area (Å²) in [4.78, 5) is -0.120. The van der Waals surface area contributed by atoms with E-state index in [4.69, 9.17) is 11.0 Å². The summed E-state index contributed by atoms with van der Waals surface area (Å²) in [5, 5.41) is 15.4. The molecule has 0 bridgehead atoms. The molecule has 0 fully saturated rings. The molecule has 0 atom stereocenters. The fourth-order valence-electron chi connectivity index (χ4n) is 1.73. The third-order valence-electron chi connectivity index (χ3n) is 2.75. The smallest absolute Gasteiger partial charge is 0.264 e. The van der Waals surface area contributed by atoms with Crippen LogP contribution in [0.2, 0.25) is 0 Å². The van der Waals surface area contributed by atoms with Crippen molar-refractivity contribution in [2.24, 2.45) is 0 Å². The maximum atomic E-state index is 12.3. The van der Waals surface area contributed by atoms with Crippen LogP contribution < -0.4 is 10.5 Å². The van der Waals surface area contributed by atoms with Gasteiger partial charge in [0.2, 0.25) is 0 Å². The number of H-pyrrole nitrogens is 1. The quantitative estimate of drug-likeness (QED) is 0.730. The van der Waals surface area contributed by atoms with Crippen molar-refractivity contribution >= 4 is 21.5 Å². The molecular weight excluding hydrogens is 278 g/mol. The molecule has 0 aliphatic carbocycles. The van der Waals surface area contributed by atoms with Crippen LogP contribution in [0.1, 0.15) is 18.1 Å². The molecule has 4 N–H and O–H groups in total. The van der Waals surface area contributed by atoms with Crippen molar-refractivity contribution in [1.82, 2.24) is 10.2 Å². The van der Waals surface area contributed by atoms with Crippen molar-refractivity contribution in [2.45, 2.75) is 18.2 Å². The minimum atomic E-state index is -3.87. The van der Waals surface area contributed by atoms with E-state index in [2.05, 4.69) is 14.9 Å². The van der Waals surface area contributed by atoms with E-state index in [-0.39, 0.29) is 10.5 Å². The van der Waals surface area contributed by atoms with E-state index in [9.17, 15) is 8.42 Å². The van der Waals surface area contributed by atoms with Gasteiger partial charge in [-0.1, -0.05) is 6.92 Å². The number of aryl methyl sites for hydroxylation is 1. The van der Waals surface area contributed by atoms with Gasteiger partial charge in [-0.05, 0) is 24.6 Å². The van der Waals surface area contributed by atoms with Crippen molar-refractivity contribution in [3.8, 4) is 6.07 Å². The molecule has 0 aliphatic heterocycles. The summed E-state index contributed by atoms with van der Waals surface area (Å²) in [5.74, 6) is 0.299. The molecule has 0 saturated carbocycles. The SMILES string of the molecule is CCc1cn[nH]c1NS(=O)(=O)c1ccc(N)cc1C#N. The molecule has 7 nitrogen and oxygen atoms in total. The Morgan fingerprint density at radius 3 is 2.90 bits per heavy atom. The molecule has 0 unspecified atom stereocenters. The fraction of sp³-hybridized carbons (Fsp3) is 0.167. The van der Waals surface area contributed by atoms with Crippen LogP contribution in [-0.2, 0) is 16.4 Å². The molecule has 0 amide bonds. The standard InChI is InChI=1S/C12H13N5O2S/c1-2-8-7-15-16-12(8)17-20(18,19)11-4-3-10(14)5-9(11)6-13/h3-5,7H,2,14H2,1H3,(H2,15,16,17). The van der Waals surface area contributed by atoms with Gasteiger partial charge in [-0.2, -0.15) is 10.4 Å². The second-order valence-corrected chi connectivity index (χ2v) is 5.75. The van der Waals surface area contributed by atoms with Crippen LogP contribution in [0.4, 0.5) is 11.5 Å². The van der Waals surface area contributed by atoms with Gasteiger partial charge in [0, 0.05) is 11.3 Å². The van der Waals surface area contributed by atoms with Gasteiger partial charge in [-0.15, -0.1) is 0 Å². The monoisotopic (exact) mass is 291 g/mol. The van der Waals surface area contributed by atoms with Crippen molar-refractivity contribution in [2.75, 3.05) is 10.5 Å². The van der Waals surface area contributed by atoms with E-state index in [0.717, 1.165) is 5.56 Å². The van der Waals surface area contributed by atoms with Gasteiger partial charge in [0.1, 0.15) is 16.8 Å². The highest BCUT2D eigenvalue weighted by Crippen LogP contribution is 2.22. The lowest BCUT2D eigenvalue weighted by Crippen LogP contribution is -2.15. The number of aromatic amines is 1. The normalized spacial score (nSPS) is 11.0. The van der Waals surface area contributed by atoms with Gasteiger partial charge >= 0.3 is 0 Å². The summed E-state index contributed by atoms with van der Waals surface area (Å²) in [6.45, 7) is 1.88. The van der Waals surface area contributed by atoms with Gasteiger partial charge in [0.25, 0.3) is 10.0 Å². The third kappa shape index (κ3) is 2.57. The molecule has 104 valence electrons. The predicted molar refractivity (Wildman–Crippen MR) is 74.3 cm³/mol. The van der Waals surface area contributed by atoms with E-state index < -0.39 is 10.0 Å². The van der Waals surface area contributed by atoms with E-state index in [0.29, 0.717) is 17.9 Å². The number of sulfonamides is 1. The Morgan fingerprint density at radius 2 is 2.25 bits per heavy atom. The van der Waals surface area contributed by atoms with Gasteiger partial charge < -0.3 is 5.73 Å². The number of anilines is 2. The molecule has 2 rings (SSSR count). The number of nitrogens with one attached hydrogen (secondary N) is 2. The molecule has 1 heterocycles. The van der Waals surface area contributed by atoms with Crippen molar-refractivity contribution < 1.29 is 8.42 Å². The highest BCUT2D eigenvalue weighted by atomic mass is 32.2. The summed E-state index contributed by atoms with van der Waals surface area (Å²) in [7, 11) is -3.87. The molecule has 0 aliphatic rings. The second kappa shape index (κ2) is 5.22. The van der Waals surface area contributed by atoms with Gasteiger partial charge in [0.05, 0.1) is 11.8 Å². The zero-order valence-electron chi connectivity index (χ0n) is 10.7. The highest BCUT2D eigenvalue weighted by molar-refractivity contribution is 7.92. The van der Waals surface area contributed by atoms with Crippen LogP contribution in [0, 0.1) is 11.3 Å². The minimum Gasteiger partial charge on any atom is -0.399 e. The lowest BCUT2D eigenvalue weighted by molar-refractivity contribution is 0.600.